The van der Waals surface area contributed by atoms with Crippen molar-refractivity contribution >= 4 is 0 Å². The maximum absolute atomic E-state index is 5.97. The van der Waals surface area contributed by atoms with Crippen molar-refractivity contribution in [1.29, 1.82) is 0 Å². The molecule has 3 heteroatoms. The Morgan fingerprint density at radius 2 is 1.67 bits per heavy atom. The molecule has 1 saturated heterocycles. The Morgan fingerprint density at radius 1 is 1.13 bits per heavy atom. The molecule has 0 aromatic rings. The van der Waals surface area contributed by atoms with Crippen molar-refractivity contribution in [2.75, 3.05) is 32.7 Å². The summed E-state index contributed by atoms with van der Waals surface area (Å²) in [5.74, 6) is 0. The molecule has 1 heterocycles. The molecule has 1 atom stereocenters. The molecule has 0 aliphatic carbocycles. The van der Waals surface area contributed by atoms with E-state index in [2.05, 4.69) is 37.5 Å². The van der Waals surface area contributed by atoms with Gasteiger partial charge in [-0.1, -0.05) is 6.92 Å². The minimum Gasteiger partial charge on any atom is -0.327 e. The average Bonchev–Trinajstić information content (AvgIpc) is 2.17. The molecule has 1 aliphatic heterocycles. The molecule has 1 rings (SSSR count). The molecule has 90 valence electrons. The summed E-state index contributed by atoms with van der Waals surface area (Å²) in [6, 6.07) is 0.353. The van der Waals surface area contributed by atoms with E-state index in [-0.39, 0.29) is 0 Å². The van der Waals surface area contributed by atoms with Gasteiger partial charge in [-0.3, -0.25) is 9.80 Å². The second-order valence-electron chi connectivity index (χ2n) is 5.63. The van der Waals surface area contributed by atoms with Crippen LogP contribution in [-0.2, 0) is 0 Å². The Morgan fingerprint density at radius 3 is 2.07 bits per heavy atom. The highest BCUT2D eigenvalue weighted by molar-refractivity contribution is 4.82. The van der Waals surface area contributed by atoms with Crippen molar-refractivity contribution in [1.82, 2.24) is 9.80 Å². The second-order valence-corrected chi connectivity index (χ2v) is 5.63. The van der Waals surface area contributed by atoms with Crippen LogP contribution in [0.5, 0.6) is 0 Å². The standard InChI is InChI=1S/C12H27N3/c1-5-11(13)10-14-6-8-15(9-7-14)12(2,3)4/h11H,5-10,13H2,1-4H3. The number of rotatable bonds is 3. The lowest BCUT2D eigenvalue weighted by atomic mass is 10.0. The van der Waals surface area contributed by atoms with Gasteiger partial charge < -0.3 is 5.73 Å². The smallest absolute Gasteiger partial charge is 0.0165 e. The van der Waals surface area contributed by atoms with Crippen LogP contribution in [0.4, 0.5) is 0 Å². The van der Waals surface area contributed by atoms with Crippen molar-refractivity contribution in [2.45, 2.75) is 45.7 Å². The van der Waals surface area contributed by atoms with Crippen LogP contribution in [0.1, 0.15) is 34.1 Å². The van der Waals surface area contributed by atoms with E-state index < -0.39 is 0 Å². The first-order valence-corrected chi connectivity index (χ1v) is 6.16. The van der Waals surface area contributed by atoms with E-state index >= 15 is 0 Å². The minimum absolute atomic E-state index is 0.318. The van der Waals surface area contributed by atoms with Crippen LogP contribution in [0.2, 0.25) is 0 Å². The van der Waals surface area contributed by atoms with Crippen LogP contribution in [-0.4, -0.2) is 54.1 Å². The molecule has 0 saturated carbocycles. The fourth-order valence-corrected chi connectivity index (χ4v) is 2.06. The molecule has 0 spiro atoms. The number of hydrogen-bond acceptors (Lipinski definition) is 3. The van der Waals surface area contributed by atoms with Gasteiger partial charge in [-0.05, 0) is 27.2 Å². The quantitative estimate of drug-likeness (QED) is 0.763. The molecule has 0 bridgehead atoms. The number of hydrogen-bond donors (Lipinski definition) is 1. The fourth-order valence-electron chi connectivity index (χ4n) is 2.06. The zero-order valence-corrected chi connectivity index (χ0v) is 10.8. The van der Waals surface area contributed by atoms with Crippen LogP contribution in [0.3, 0.4) is 0 Å². The maximum atomic E-state index is 5.97. The number of piperazine rings is 1. The third-order valence-corrected chi connectivity index (χ3v) is 3.34. The van der Waals surface area contributed by atoms with Crippen molar-refractivity contribution in [2.24, 2.45) is 5.73 Å². The lowest BCUT2D eigenvalue weighted by Crippen LogP contribution is -2.55. The zero-order chi connectivity index (χ0) is 11.5. The molecule has 0 aromatic heterocycles. The summed E-state index contributed by atoms with van der Waals surface area (Å²) in [6.07, 6.45) is 1.08. The van der Waals surface area contributed by atoms with E-state index in [1.54, 1.807) is 0 Å². The summed E-state index contributed by atoms with van der Waals surface area (Å²) < 4.78 is 0. The minimum atomic E-state index is 0.318. The van der Waals surface area contributed by atoms with E-state index in [0.29, 0.717) is 11.6 Å². The normalized spacial score (nSPS) is 23.0. The topological polar surface area (TPSA) is 32.5 Å². The first-order chi connectivity index (χ1) is 6.93. The molecular formula is C12H27N3. The molecule has 1 fully saturated rings. The third-order valence-electron chi connectivity index (χ3n) is 3.34. The van der Waals surface area contributed by atoms with Crippen molar-refractivity contribution in [3.63, 3.8) is 0 Å². The summed E-state index contributed by atoms with van der Waals surface area (Å²) in [6.45, 7) is 14.8. The van der Waals surface area contributed by atoms with Crippen LogP contribution in [0, 0.1) is 0 Å². The van der Waals surface area contributed by atoms with E-state index in [4.69, 9.17) is 5.73 Å². The lowest BCUT2D eigenvalue weighted by molar-refractivity contribution is 0.0597. The molecule has 1 aliphatic rings. The van der Waals surface area contributed by atoms with Crippen molar-refractivity contribution in [3.05, 3.63) is 0 Å². The molecular weight excluding hydrogens is 186 g/mol. The lowest BCUT2D eigenvalue weighted by Gasteiger charge is -2.42. The van der Waals surface area contributed by atoms with Gasteiger partial charge in [0, 0.05) is 44.3 Å². The van der Waals surface area contributed by atoms with E-state index in [9.17, 15) is 0 Å². The largest absolute Gasteiger partial charge is 0.327 e. The first kappa shape index (κ1) is 12.9. The molecule has 2 N–H and O–H groups in total. The van der Waals surface area contributed by atoms with Gasteiger partial charge in [0.25, 0.3) is 0 Å². The Labute approximate surface area is 94.6 Å². The highest BCUT2D eigenvalue weighted by atomic mass is 15.3. The Hall–Kier alpha value is -0.120. The molecule has 0 amide bonds. The van der Waals surface area contributed by atoms with Gasteiger partial charge in [0.15, 0.2) is 0 Å². The molecule has 1 unspecified atom stereocenters. The molecule has 15 heavy (non-hydrogen) atoms. The van der Waals surface area contributed by atoms with Crippen LogP contribution in [0.15, 0.2) is 0 Å². The van der Waals surface area contributed by atoms with Crippen LogP contribution >= 0.6 is 0 Å². The average molecular weight is 213 g/mol. The van der Waals surface area contributed by atoms with E-state index in [1.165, 1.54) is 26.2 Å². The van der Waals surface area contributed by atoms with Crippen LogP contribution < -0.4 is 5.73 Å². The fraction of sp³-hybridized carbons (Fsp3) is 1.00. The molecule has 0 radical (unpaired) electrons. The van der Waals surface area contributed by atoms with Gasteiger partial charge in [0.2, 0.25) is 0 Å². The zero-order valence-electron chi connectivity index (χ0n) is 10.8. The van der Waals surface area contributed by atoms with E-state index in [1.807, 2.05) is 0 Å². The maximum Gasteiger partial charge on any atom is 0.0165 e. The van der Waals surface area contributed by atoms with Gasteiger partial charge in [-0.2, -0.15) is 0 Å². The molecule has 3 nitrogen and oxygen atoms in total. The number of nitrogens with zero attached hydrogens (tertiary/aromatic N) is 2. The predicted octanol–water partition coefficient (Wildman–Crippen LogP) is 1.14. The van der Waals surface area contributed by atoms with Gasteiger partial charge in [-0.15, -0.1) is 0 Å². The highest BCUT2D eigenvalue weighted by Crippen LogP contribution is 2.15. The SMILES string of the molecule is CCC(N)CN1CCN(C(C)(C)C)CC1. The summed E-state index contributed by atoms with van der Waals surface area (Å²) in [7, 11) is 0. The van der Waals surface area contributed by atoms with Gasteiger partial charge in [0.05, 0.1) is 0 Å². The molecule has 0 aromatic carbocycles. The summed E-state index contributed by atoms with van der Waals surface area (Å²) in [4.78, 5) is 5.05. The Balaban J connectivity index is 2.30. The second kappa shape index (κ2) is 5.28. The van der Waals surface area contributed by atoms with Crippen molar-refractivity contribution in [3.8, 4) is 0 Å². The van der Waals surface area contributed by atoms with Crippen molar-refractivity contribution < 1.29 is 0 Å². The third kappa shape index (κ3) is 4.09. The summed E-state index contributed by atoms with van der Waals surface area (Å²) in [5.41, 5.74) is 6.29. The first-order valence-electron chi connectivity index (χ1n) is 6.16. The predicted molar refractivity (Wildman–Crippen MR) is 66.0 cm³/mol. The highest BCUT2D eigenvalue weighted by Gasteiger charge is 2.25. The van der Waals surface area contributed by atoms with Crippen LogP contribution in [0.25, 0.3) is 0 Å². The Bertz CT molecular complexity index is 178. The van der Waals surface area contributed by atoms with Gasteiger partial charge >= 0.3 is 0 Å². The Kier molecular flexibility index (Phi) is 4.56. The summed E-state index contributed by atoms with van der Waals surface area (Å²) in [5, 5.41) is 0. The monoisotopic (exact) mass is 213 g/mol. The number of nitrogens with two attached hydrogens (primary N) is 1. The summed E-state index contributed by atoms with van der Waals surface area (Å²) >= 11 is 0. The van der Waals surface area contributed by atoms with Gasteiger partial charge in [0.1, 0.15) is 0 Å². The van der Waals surface area contributed by atoms with Gasteiger partial charge in [-0.25, -0.2) is 0 Å². The van der Waals surface area contributed by atoms with E-state index in [0.717, 1.165) is 13.0 Å².